The summed E-state index contributed by atoms with van der Waals surface area (Å²) in [5.41, 5.74) is 1.53. The molecule has 3 N–H and O–H groups in total. The summed E-state index contributed by atoms with van der Waals surface area (Å²) in [6, 6.07) is 4.25. The summed E-state index contributed by atoms with van der Waals surface area (Å²) in [5, 5.41) is 5.24. The standard InChI is InChI=1S/C15H18N4O5S2/c1-24-10-2-3-11-12(6-10)18-15(17-11)25-7-13(20)19-14(21)16-9-4-5-26(22,23)8-9/h2-3,6,9H,4-5,7-8H2,1H3,(H,17,18)(H2,16,19,20,21). The molecule has 0 bridgehead atoms. The van der Waals surface area contributed by atoms with E-state index in [-0.39, 0.29) is 17.3 Å². The summed E-state index contributed by atoms with van der Waals surface area (Å²) in [6.07, 6.45) is 0.362. The first-order valence-corrected chi connectivity index (χ1v) is 10.6. The maximum Gasteiger partial charge on any atom is 0.321 e. The van der Waals surface area contributed by atoms with Gasteiger partial charge in [-0.05, 0) is 18.6 Å². The molecular weight excluding hydrogens is 380 g/mol. The van der Waals surface area contributed by atoms with Crippen LogP contribution in [0.1, 0.15) is 6.42 Å². The van der Waals surface area contributed by atoms with Crippen molar-refractivity contribution in [3.8, 4) is 5.75 Å². The minimum Gasteiger partial charge on any atom is -0.497 e. The van der Waals surface area contributed by atoms with Gasteiger partial charge >= 0.3 is 6.03 Å². The van der Waals surface area contributed by atoms with Crippen LogP contribution in [-0.2, 0) is 14.6 Å². The number of methoxy groups -OCH3 is 1. The number of imide groups is 1. The van der Waals surface area contributed by atoms with E-state index in [2.05, 4.69) is 20.6 Å². The predicted octanol–water partition coefficient (Wildman–Crippen LogP) is 0.676. The number of nitrogens with one attached hydrogen (secondary N) is 3. The van der Waals surface area contributed by atoms with E-state index in [1.165, 1.54) is 0 Å². The van der Waals surface area contributed by atoms with E-state index < -0.39 is 27.8 Å². The number of nitrogens with zero attached hydrogens (tertiary/aromatic N) is 1. The fourth-order valence-electron chi connectivity index (χ4n) is 2.59. The molecule has 1 atom stereocenters. The lowest BCUT2D eigenvalue weighted by Crippen LogP contribution is -2.45. The number of hydrogen-bond acceptors (Lipinski definition) is 7. The molecule has 2 heterocycles. The van der Waals surface area contributed by atoms with Crippen LogP contribution in [0.5, 0.6) is 5.75 Å². The van der Waals surface area contributed by atoms with Gasteiger partial charge < -0.3 is 15.0 Å². The first kappa shape index (κ1) is 18.5. The highest BCUT2D eigenvalue weighted by molar-refractivity contribution is 7.99. The molecule has 1 saturated heterocycles. The van der Waals surface area contributed by atoms with Gasteiger partial charge in [0.2, 0.25) is 5.91 Å². The second-order valence-electron chi connectivity index (χ2n) is 5.84. The second-order valence-corrected chi connectivity index (χ2v) is 9.03. The summed E-state index contributed by atoms with van der Waals surface area (Å²) < 4.78 is 27.9. The lowest BCUT2D eigenvalue weighted by molar-refractivity contribution is -0.117. The fraction of sp³-hybridized carbons (Fsp3) is 0.400. The molecular formula is C15H18N4O5S2. The Morgan fingerprint density at radius 2 is 2.23 bits per heavy atom. The first-order chi connectivity index (χ1) is 12.3. The summed E-state index contributed by atoms with van der Waals surface area (Å²) in [5.74, 6) is 0.157. The molecule has 0 saturated carbocycles. The van der Waals surface area contributed by atoms with Crippen LogP contribution in [0.25, 0.3) is 11.0 Å². The van der Waals surface area contributed by atoms with E-state index in [0.717, 1.165) is 22.8 Å². The maximum absolute atomic E-state index is 11.9. The SMILES string of the molecule is COc1ccc2nc(SCC(=O)NC(=O)NC3CCS(=O)(=O)C3)[nH]c2c1. The zero-order chi connectivity index (χ0) is 18.7. The molecule has 1 fully saturated rings. The third kappa shape index (κ3) is 4.67. The molecule has 1 aromatic heterocycles. The summed E-state index contributed by atoms with van der Waals surface area (Å²) in [6.45, 7) is 0. The fourth-order valence-corrected chi connectivity index (χ4v) is 4.95. The minimum absolute atomic E-state index is 0.00661. The number of thioether (sulfide) groups is 1. The van der Waals surface area contributed by atoms with Gasteiger partial charge in [-0.1, -0.05) is 11.8 Å². The van der Waals surface area contributed by atoms with E-state index in [0.29, 0.717) is 17.3 Å². The summed E-state index contributed by atoms with van der Waals surface area (Å²) in [7, 11) is -1.51. The summed E-state index contributed by atoms with van der Waals surface area (Å²) >= 11 is 1.16. The number of fused-ring (bicyclic) bond motifs is 1. The van der Waals surface area contributed by atoms with Gasteiger partial charge in [0.1, 0.15) is 5.75 Å². The number of H-pyrrole nitrogens is 1. The zero-order valence-electron chi connectivity index (χ0n) is 13.9. The average molecular weight is 398 g/mol. The van der Waals surface area contributed by atoms with Crippen molar-refractivity contribution in [1.82, 2.24) is 20.6 Å². The van der Waals surface area contributed by atoms with E-state index in [1.54, 1.807) is 25.3 Å². The highest BCUT2D eigenvalue weighted by Crippen LogP contribution is 2.22. The number of rotatable bonds is 5. The third-order valence-electron chi connectivity index (χ3n) is 3.83. The van der Waals surface area contributed by atoms with Crippen molar-refractivity contribution in [1.29, 1.82) is 0 Å². The molecule has 1 aromatic carbocycles. The normalized spacial score (nSPS) is 18.6. The van der Waals surface area contributed by atoms with Crippen LogP contribution >= 0.6 is 11.8 Å². The average Bonchev–Trinajstić information content (AvgIpc) is 3.14. The largest absolute Gasteiger partial charge is 0.497 e. The van der Waals surface area contributed by atoms with Crippen LogP contribution < -0.4 is 15.4 Å². The lowest BCUT2D eigenvalue weighted by atomic mass is 10.3. The zero-order valence-corrected chi connectivity index (χ0v) is 15.6. The molecule has 1 aliphatic rings. The maximum atomic E-state index is 11.9. The first-order valence-electron chi connectivity index (χ1n) is 7.82. The number of sulfone groups is 1. The number of amides is 3. The van der Waals surface area contributed by atoms with Crippen molar-refractivity contribution in [3.63, 3.8) is 0 Å². The van der Waals surface area contributed by atoms with Gasteiger partial charge in [0.25, 0.3) is 0 Å². The van der Waals surface area contributed by atoms with Gasteiger partial charge in [-0.15, -0.1) is 0 Å². The van der Waals surface area contributed by atoms with Gasteiger partial charge in [-0.3, -0.25) is 10.1 Å². The number of carbonyl (C=O) groups is 2. The number of benzene rings is 1. The van der Waals surface area contributed by atoms with Crippen molar-refractivity contribution < 1.29 is 22.7 Å². The van der Waals surface area contributed by atoms with Crippen LogP contribution in [0, 0.1) is 0 Å². The number of carbonyl (C=O) groups excluding carboxylic acids is 2. The number of imidazole rings is 1. The highest BCUT2D eigenvalue weighted by Gasteiger charge is 2.29. The van der Waals surface area contributed by atoms with Gasteiger partial charge in [0, 0.05) is 12.1 Å². The molecule has 9 nitrogen and oxygen atoms in total. The van der Waals surface area contributed by atoms with E-state index >= 15 is 0 Å². The number of hydrogen-bond donors (Lipinski definition) is 3. The van der Waals surface area contributed by atoms with E-state index in [9.17, 15) is 18.0 Å². The van der Waals surface area contributed by atoms with E-state index in [4.69, 9.17) is 4.74 Å². The molecule has 11 heteroatoms. The van der Waals surface area contributed by atoms with Crippen LogP contribution in [0.3, 0.4) is 0 Å². The number of aromatic nitrogens is 2. The molecule has 0 spiro atoms. The van der Waals surface area contributed by atoms with Crippen LogP contribution in [0.15, 0.2) is 23.4 Å². The molecule has 3 amide bonds. The van der Waals surface area contributed by atoms with E-state index in [1.807, 2.05) is 0 Å². The van der Waals surface area contributed by atoms with Gasteiger partial charge in [-0.25, -0.2) is 18.2 Å². The number of aromatic amines is 1. The van der Waals surface area contributed by atoms with Crippen molar-refractivity contribution >= 4 is 44.6 Å². The van der Waals surface area contributed by atoms with Gasteiger partial charge in [-0.2, -0.15) is 0 Å². The Labute approximate surface area is 154 Å². The smallest absolute Gasteiger partial charge is 0.321 e. The van der Waals surface area contributed by atoms with Crippen LogP contribution in [0.2, 0.25) is 0 Å². The Balaban J connectivity index is 1.48. The Morgan fingerprint density at radius 3 is 2.92 bits per heavy atom. The Hall–Kier alpha value is -2.27. The molecule has 140 valence electrons. The topological polar surface area (TPSA) is 130 Å². The highest BCUT2D eigenvalue weighted by atomic mass is 32.2. The Morgan fingerprint density at radius 1 is 1.42 bits per heavy atom. The molecule has 1 aliphatic heterocycles. The van der Waals surface area contributed by atoms with Crippen LogP contribution in [-0.4, -0.2) is 60.7 Å². The summed E-state index contributed by atoms with van der Waals surface area (Å²) in [4.78, 5) is 31.0. The molecule has 1 unspecified atom stereocenters. The van der Waals surface area contributed by atoms with Gasteiger partial charge in [0.05, 0.1) is 35.4 Å². The minimum atomic E-state index is -3.09. The Kier molecular flexibility index (Phi) is 5.37. The molecule has 2 aromatic rings. The predicted molar refractivity (Wildman–Crippen MR) is 97.1 cm³/mol. The number of urea groups is 1. The quantitative estimate of drug-likeness (QED) is 0.631. The molecule has 26 heavy (non-hydrogen) atoms. The molecule has 0 aliphatic carbocycles. The molecule has 0 radical (unpaired) electrons. The lowest BCUT2D eigenvalue weighted by Gasteiger charge is -2.10. The van der Waals surface area contributed by atoms with Crippen molar-refractivity contribution in [2.45, 2.75) is 17.6 Å². The van der Waals surface area contributed by atoms with Crippen molar-refractivity contribution in [3.05, 3.63) is 18.2 Å². The molecule has 3 rings (SSSR count). The van der Waals surface area contributed by atoms with Crippen molar-refractivity contribution in [2.75, 3.05) is 24.4 Å². The van der Waals surface area contributed by atoms with Crippen LogP contribution in [0.4, 0.5) is 4.79 Å². The number of ether oxygens (including phenoxy) is 1. The second kappa shape index (κ2) is 7.54. The Bertz CT molecular complexity index is 941. The third-order valence-corrected chi connectivity index (χ3v) is 6.47. The monoisotopic (exact) mass is 398 g/mol. The van der Waals surface area contributed by atoms with Crippen molar-refractivity contribution in [2.24, 2.45) is 0 Å². The van der Waals surface area contributed by atoms with Gasteiger partial charge in [0.15, 0.2) is 15.0 Å².